The zero-order valence-corrected chi connectivity index (χ0v) is 13.2. The van der Waals surface area contributed by atoms with Gasteiger partial charge in [0.25, 0.3) is 0 Å². The van der Waals surface area contributed by atoms with Gasteiger partial charge in [-0.2, -0.15) is 0 Å². The number of hydrogen-bond acceptors (Lipinski definition) is 2. The normalized spacial score (nSPS) is 11.0. The summed E-state index contributed by atoms with van der Waals surface area (Å²) in [6.07, 6.45) is 0. The van der Waals surface area contributed by atoms with Crippen LogP contribution in [-0.2, 0) is 13.1 Å². The number of thiol groups is 1. The van der Waals surface area contributed by atoms with E-state index in [9.17, 15) is 0 Å². The number of nitrogens with one attached hydrogen (secondary N) is 2. The van der Waals surface area contributed by atoms with Crippen LogP contribution in [0.25, 0.3) is 0 Å². The topological polar surface area (TPSA) is 36.4 Å². The molecule has 0 spiro atoms. The highest BCUT2D eigenvalue weighted by Gasteiger charge is 2.00. The second-order valence-electron chi connectivity index (χ2n) is 4.42. The summed E-state index contributed by atoms with van der Waals surface area (Å²) in [5, 5.41) is 6.20. The summed E-state index contributed by atoms with van der Waals surface area (Å²) in [5.41, 5.74) is 2.32. The van der Waals surface area contributed by atoms with Crippen LogP contribution in [0.5, 0.6) is 0 Å². The molecule has 2 aromatic rings. The van der Waals surface area contributed by atoms with E-state index in [1.807, 2.05) is 48.5 Å². The van der Waals surface area contributed by atoms with Gasteiger partial charge in [-0.3, -0.25) is 0 Å². The first-order valence-electron chi connectivity index (χ1n) is 6.60. The zero-order chi connectivity index (χ0) is 14.9. The number of thiocarbonyl (C=S) groups is 1. The van der Waals surface area contributed by atoms with Crippen molar-refractivity contribution < 1.29 is 0 Å². The highest BCUT2D eigenvalue weighted by molar-refractivity contribution is 8.11. The second kappa shape index (κ2) is 8.44. The van der Waals surface area contributed by atoms with Gasteiger partial charge in [-0.25, -0.2) is 4.99 Å². The molecule has 108 valence electrons. The maximum Gasteiger partial charge on any atom is 0.197 e. The molecule has 0 unspecified atom stereocenters. The predicted molar refractivity (Wildman–Crippen MR) is 95.6 cm³/mol. The highest BCUT2D eigenvalue weighted by Crippen LogP contribution is 2.01. The Balaban J connectivity index is 1.98. The van der Waals surface area contributed by atoms with Crippen molar-refractivity contribution in [2.75, 3.05) is 0 Å². The highest BCUT2D eigenvalue weighted by atomic mass is 32.1. The summed E-state index contributed by atoms with van der Waals surface area (Å²) in [7, 11) is 0. The molecule has 3 nitrogen and oxygen atoms in total. The minimum Gasteiger partial charge on any atom is -0.352 e. The van der Waals surface area contributed by atoms with E-state index in [4.69, 9.17) is 12.2 Å². The molecule has 2 N–H and O–H groups in total. The lowest BCUT2D eigenvalue weighted by Crippen LogP contribution is -2.38. The first kappa shape index (κ1) is 15.5. The standard InChI is InChI=1S/C16H17N3S2/c20-16(21)19-15(17-11-13-7-3-1-4-8-13)18-12-14-9-5-2-6-10-14/h1-10H,11-12H2,(H3,17,18,19,20,21). The number of rotatable bonds is 4. The SMILES string of the molecule is S=C(S)N/C(=N\Cc1ccccc1)NCc1ccccc1. The maximum atomic E-state index is 4.97. The van der Waals surface area contributed by atoms with Gasteiger partial charge in [0, 0.05) is 6.54 Å². The largest absolute Gasteiger partial charge is 0.352 e. The van der Waals surface area contributed by atoms with Crippen LogP contribution >= 0.6 is 24.8 Å². The smallest absolute Gasteiger partial charge is 0.197 e. The van der Waals surface area contributed by atoms with E-state index in [0.29, 0.717) is 23.4 Å². The van der Waals surface area contributed by atoms with Gasteiger partial charge in [0.15, 0.2) is 5.96 Å². The Hall–Kier alpha value is -1.85. The Morgan fingerprint density at radius 2 is 1.52 bits per heavy atom. The van der Waals surface area contributed by atoms with Crippen molar-refractivity contribution in [1.29, 1.82) is 0 Å². The Bertz CT molecular complexity index is 597. The third-order valence-corrected chi connectivity index (χ3v) is 3.00. The fourth-order valence-electron chi connectivity index (χ4n) is 1.78. The molecule has 0 radical (unpaired) electrons. The number of hydrogen-bond donors (Lipinski definition) is 3. The molecule has 5 heteroatoms. The van der Waals surface area contributed by atoms with Crippen molar-refractivity contribution >= 4 is 35.1 Å². The molecule has 0 saturated carbocycles. The molecule has 2 aromatic carbocycles. The molecule has 0 fully saturated rings. The molecular formula is C16H17N3S2. The molecular weight excluding hydrogens is 298 g/mol. The molecule has 0 aromatic heterocycles. The molecule has 0 heterocycles. The summed E-state index contributed by atoms with van der Waals surface area (Å²) in [5.74, 6) is 0.628. The Kier molecular flexibility index (Phi) is 6.24. The summed E-state index contributed by atoms with van der Waals surface area (Å²) >= 11 is 9.06. The van der Waals surface area contributed by atoms with Gasteiger partial charge in [-0.1, -0.05) is 72.9 Å². The number of nitrogens with zero attached hydrogens (tertiary/aromatic N) is 1. The minimum absolute atomic E-state index is 0.391. The van der Waals surface area contributed by atoms with Gasteiger partial charge in [0.05, 0.1) is 6.54 Å². The molecule has 0 atom stereocenters. The molecule has 0 saturated heterocycles. The van der Waals surface area contributed by atoms with Crippen LogP contribution < -0.4 is 10.6 Å². The van der Waals surface area contributed by atoms with Crippen molar-refractivity contribution in [2.45, 2.75) is 13.1 Å². The maximum absolute atomic E-state index is 4.97. The van der Waals surface area contributed by atoms with E-state index < -0.39 is 0 Å². The molecule has 0 bridgehead atoms. The van der Waals surface area contributed by atoms with Gasteiger partial charge in [-0.15, -0.1) is 12.6 Å². The monoisotopic (exact) mass is 315 g/mol. The third-order valence-electron chi connectivity index (χ3n) is 2.79. The Morgan fingerprint density at radius 3 is 2.10 bits per heavy atom. The Labute approximate surface area is 135 Å². The van der Waals surface area contributed by atoms with E-state index in [1.165, 1.54) is 5.56 Å². The zero-order valence-electron chi connectivity index (χ0n) is 11.5. The lowest BCUT2D eigenvalue weighted by Gasteiger charge is -2.11. The fourth-order valence-corrected chi connectivity index (χ4v) is 1.98. The lowest BCUT2D eigenvalue weighted by molar-refractivity contribution is 0.871. The van der Waals surface area contributed by atoms with E-state index in [-0.39, 0.29) is 0 Å². The van der Waals surface area contributed by atoms with Crippen molar-refractivity contribution in [3.05, 3.63) is 71.8 Å². The van der Waals surface area contributed by atoms with Crippen molar-refractivity contribution in [3.63, 3.8) is 0 Å². The molecule has 2 rings (SSSR count). The van der Waals surface area contributed by atoms with Crippen molar-refractivity contribution in [3.8, 4) is 0 Å². The van der Waals surface area contributed by atoms with Crippen LogP contribution in [0.4, 0.5) is 0 Å². The van der Waals surface area contributed by atoms with Crippen LogP contribution in [0.2, 0.25) is 0 Å². The van der Waals surface area contributed by atoms with Gasteiger partial charge in [-0.05, 0) is 11.1 Å². The fraction of sp³-hybridized carbons (Fsp3) is 0.125. The third kappa shape index (κ3) is 5.97. The van der Waals surface area contributed by atoms with Gasteiger partial charge in [0.2, 0.25) is 0 Å². The molecule has 21 heavy (non-hydrogen) atoms. The van der Waals surface area contributed by atoms with E-state index in [2.05, 4.69) is 40.4 Å². The van der Waals surface area contributed by atoms with Crippen molar-refractivity contribution in [2.24, 2.45) is 4.99 Å². The average Bonchev–Trinajstić information content (AvgIpc) is 2.51. The van der Waals surface area contributed by atoms with E-state index in [1.54, 1.807) is 0 Å². The van der Waals surface area contributed by atoms with Crippen LogP contribution in [0.1, 0.15) is 11.1 Å². The molecule has 0 aliphatic rings. The molecule has 0 amide bonds. The summed E-state index contributed by atoms with van der Waals surface area (Å²) in [6.45, 7) is 1.26. The quantitative estimate of drug-likeness (QED) is 0.351. The number of guanidine groups is 1. The van der Waals surface area contributed by atoms with Gasteiger partial charge in [0.1, 0.15) is 4.32 Å². The Morgan fingerprint density at radius 1 is 0.952 bits per heavy atom. The van der Waals surface area contributed by atoms with Crippen LogP contribution in [0.15, 0.2) is 65.7 Å². The molecule has 0 aliphatic heterocycles. The average molecular weight is 315 g/mol. The number of benzene rings is 2. The number of aliphatic imine (C=N–C) groups is 1. The summed E-state index contributed by atoms with van der Waals surface area (Å²) in [4.78, 5) is 4.51. The summed E-state index contributed by atoms with van der Waals surface area (Å²) in [6, 6.07) is 20.2. The molecule has 0 aliphatic carbocycles. The first-order valence-corrected chi connectivity index (χ1v) is 7.46. The van der Waals surface area contributed by atoms with Crippen molar-refractivity contribution in [1.82, 2.24) is 10.6 Å². The lowest BCUT2D eigenvalue weighted by atomic mass is 10.2. The van der Waals surface area contributed by atoms with Crippen LogP contribution in [0, 0.1) is 0 Å². The summed E-state index contributed by atoms with van der Waals surface area (Å²) < 4.78 is 0.391. The van der Waals surface area contributed by atoms with Crippen LogP contribution in [-0.4, -0.2) is 10.3 Å². The van der Waals surface area contributed by atoms with E-state index in [0.717, 1.165) is 5.56 Å². The predicted octanol–water partition coefficient (Wildman–Crippen LogP) is 3.14. The van der Waals surface area contributed by atoms with Gasteiger partial charge < -0.3 is 10.6 Å². The van der Waals surface area contributed by atoms with E-state index >= 15 is 0 Å². The minimum atomic E-state index is 0.391. The van der Waals surface area contributed by atoms with Gasteiger partial charge >= 0.3 is 0 Å². The van der Waals surface area contributed by atoms with Crippen LogP contribution in [0.3, 0.4) is 0 Å². The first-order chi connectivity index (χ1) is 10.2. The second-order valence-corrected chi connectivity index (χ2v) is 5.58.